The first kappa shape index (κ1) is 19.1. The van der Waals surface area contributed by atoms with Gasteiger partial charge in [0.1, 0.15) is 6.54 Å². The van der Waals surface area contributed by atoms with Gasteiger partial charge in [0.2, 0.25) is 23.6 Å². The van der Waals surface area contributed by atoms with Crippen molar-refractivity contribution in [1.82, 2.24) is 21.3 Å². The van der Waals surface area contributed by atoms with E-state index in [1.54, 1.807) is 0 Å². The number of carboxylic acids is 1. The highest BCUT2D eigenvalue weighted by molar-refractivity contribution is 5.95. The van der Waals surface area contributed by atoms with E-state index < -0.39 is 42.7 Å². The predicted octanol–water partition coefficient (Wildman–Crippen LogP) is -2.89. The number of aliphatic carboxylic acids is 1. The maximum absolute atomic E-state index is 11.3. The lowest BCUT2D eigenvalue weighted by atomic mass is 10.3. The minimum atomic E-state index is -1.20. The molecule has 10 nitrogen and oxygen atoms in total. The topological polar surface area (TPSA) is 154 Å². The minimum absolute atomic E-state index is 0.248. The number of carbonyl (C=O) groups is 5. The molecule has 0 heterocycles. The van der Waals surface area contributed by atoms with Gasteiger partial charge in [0.25, 0.3) is 0 Å². The van der Waals surface area contributed by atoms with E-state index in [0.29, 0.717) is 0 Å². The maximum Gasteiger partial charge on any atom is 0.322 e. The molecule has 122 valence electrons. The molecule has 4 amide bonds. The lowest BCUT2D eigenvalue weighted by molar-refractivity contribution is -0.137. The number of hydrogen-bond acceptors (Lipinski definition) is 5. The SMILES string of the molecule is C=C(C)C(=O)NCC(=O)NCC(=O)NCC(=O)NCC(=O)O. The van der Waals surface area contributed by atoms with Crippen molar-refractivity contribution < 1.29 is 29.1 Å². The Morgan fingerprint density at radius 1 is 0.773 bits per heavy atom. The normalized spacial score (nSPS) is 9.32. The van der Waals surface area contributed by atoms with Crippen LogP contribution in [0, 0.1) is 0 Å². The summed E-state index contributed by atoms with van der Waals surface area (Å²) in [5, 5.41) is 17.1. The summed E-state index contributed by atoms with van der Waals surface area (Å²) in [5.74, 6) is -3.57. The Labute approximate surface area is 126 Å². The molecule has 10 heteroatoms. The Morgan fingerprint density at radius 2 is 1.14 bits per heavy atom. The Morgan fingerprint density at radius 3 is 1.50 bits per heavy atom. The third-order valence-corrected chi connectivity index (χ3v) is 2.13. The maximum atomic E-state index is 11.3. The summed E-state index contributed by atoms with van der Waals surface area (Å²) in [6.07, 6.45) is 0. The van der Waals surface area contributed by atoms with Crippen molar-refractivity contribution in [3.05, 3.63) is 12.2 Å². The molecule has 0 aliphatic carbocycles. The van der Waals surface area contributed by atoms with E-state index in [1.165, 1.54) is 6.92 Å². The highest BCUT2D eigenvalue weighted by Crippen LogP contribution is 1.84. The second-order valence-electron chi connectivity index (χ2n) is 4.19. The number of carboxylic acid groups (broad SMARTS) is 1. The highest BCUT2D eigenvalue weighted by Gasteiger charge is 2.09. The van der Waals surface area contributed by atoms with Gasteiger partial charge < -0.3 is 26.4 Å². The second-order valence-corrected chi connectivity index (χ2v) is 4.19. The van der Waals surface area contributed by atoms with E-state index >= 15 is 0 Å². The second kappa shape index (κ2) is 9.91. The Bertz CT molecular complexity index is 488. The van der Waals surface area contributed by atoms with E-state index in [2.05, 4.69) is 22.5 Å². The third-order valence-electron chi connectivity index (χ3n) is 2.13. The molecule has 0 saturated heterocycles. The van der Waals surface area contributed by atoms with Crippen molar-refractivity contribution in [2.75, 3.05) is 26.2 Å². The minimum Gasteiger partial charge on any atom is -0.480 e. The average Bonchev–Trinajstić information content (AvgIpc) is 2.45. The molecule has 0 aromatic rings. The van der Waals surface area contributed by atoms with Crippen LogP contribution in [-0.4, -0.2) is 60.9 Å². The molecule has 0 aromatic carbocycles. The zero-order valence-corrected chi connectivity index (χ0v) is 12.0. The molecule has 0 rings (SSSR count). The number of amides is 4. The molecule has 0 atom stereocenters. The van der Waals surface area contributed by atoms with Gasteiger partial charge in [-0.3, -0.25) is 24.0 Å². The fraction of sp³-hybridized carbons (Fsp3) is 0.417. The fourth-order valence-corrected chi connectivity index (χ4v) is 1.03. The first-order valence-corrected chi connectivity index (χ1v) is 6.18. The van der Waals surface area contributed by atoms with E-state index in [1.807, 2.05) is 5.32 Å². The number of hydrogen-bond donors (Lipinski definition) is 5. The number of carbonyl (C=O) groups excluding carboxylic acids is 4. The largest absolute Gasteiger partial charge is 0.480 e. The van der Waals surface area contributed by atoms with Gasteiger partial charge in [0.05, 0.1) is 19.6 Å². The van der Waals surface area contributed by atoms with Crippen LogP contribution in [0.15, 0.2) is 12.2 Å². The van der Waals surface area contributed by atoms with Gasteiger partial charge >= 0.3 is 5.97 Å². The highest BCUT2D eigenvalue weighted by atomic mass is 16.4. The summed E-state index contributed by atoms with van der Waals surface area (Å²) in [4.78, 5) is 55.0. The van der Waals surface area contributed by atoms with Crippen LogP contribution in [0.2, 0.25) is 0 Å². The van der Waals surface area contributed by atoms with E-state index in [4.69, 9.17) is 5.11 Å². The van der Waals surface area contributed by atoms with Crippen LogP contribution < -0.4 is 21.3 Å². The van der Waals surface area contributed by atoms with Crippen LogP contribution in [-0.2, 0) is 24.0 Å². The first-order valence-electron chi connectivity index (χ1n) is 6.18. The van der Waals surface area contributed by atoms with Gasteiger partial charge in [-0.2, -0.15) is 0 Å². The molecule has 0 unspecified atom stereocenters. The molecule has 0 spiro atoms. The summed E-state index contributed by atoms with van der Waals surface area (Å²) in [6, 6.07) is 0. The van der Waals surface area contributed by atoms with Crippen LogP contribution in [0.5, 0.6) is 0 Å². The Kier molecular flexibility index (Phi) is 8.60. The van der Waals surface area contributed by atoms with Crippen LogP contribution in [0.3, 0.4) is 0 Å². The van der Waals surface area contributed by atoms with E-state index in [9.17, 15) is 24.0 Å². The number of nitrogens with one attached hydrogen (secondary N) is 4. The van der Waals surface area contributed by atoms with Gasteiger partial charge in [0, 0.05) is 5.57 Å². The lowest BCUT2D eigenvalue weighted by Gasteiger charge is -2.08. The van der Waals surface area contributed by atoms with Crippen molar-refractivity contribution in [2.45, 2.75) is 6.92 Å². The molecule has 0 fully saturated rings. The standard InChI is InChI=1S/C12H18N4O6/c1-7(2)12(22)16-5-10(19)14-3-8(17)13-4-9(18)15-6-11(20)21/h1,3-6H2,2H3,(H,13,17)(H,14,19)(H,15,18)(H,16,22)(H,20,21). The fourth-order valence-electron chi connectivity index (χ4n) is 1.03. The van der Waals surface area contributed by atoms with Crippen LogP contribution in [0.1, 0.15) is 6.92 Å². The van der Waals surface area contributed by atoms with E-state index in [-0.39, 0.29) is 18.7 Å². The Hall–Kier alpha value is -2.91. The molecule has 0 aliphatic rings. The summed E-state index contributed by atoms with van der Waals surface area (Å²) in [5.41, 5.74) is 0.248. The van der Waals surface area contributed by atoms with Crippen LogP contribution in [0.25, 0.3) is 0 Å². The average molecular weight is 314 g/mol. The third kappa shape index (κ3) is 9.95. The summed E-state index contributed by atoms with van der Waals surface area (Å²) in [6.45, 7) is 3.23. The van der Waals surface area contributed by atoms with Crippen molar-refractivity contribution in [3.8, 4) is 0 Å². The zero-order valence-electron chi connectivity index (χ0n) is 12.0. The van der Waals surface area contributed by atoms with Crippen LogP contribution in [0.4, 0.5) is 0 Å². The zero-order chi connectivity index (χ0) is 17.1. The predicted molar refractivity (Wildman–Crippen MR) is 74.5 cm³/mol. The van der Waals surface area contributed by atoms with Crippen molar-refractivity contribution in [3.63, 3.8) is 0 Å². The first-order chi connectivity index (χ1) is 10.2. The molecule has 5 N–H and O–H groups in total. The molecule has 0 radical (unpaired) electrons. The summed E-state index contributed by atoms with van der Waals surface area (Å²) >= 11 is 0. The molecule has 0 saturated carbocycles. The molecule has 0 aliphatic heterocycles. The van der Waals surface area contributed by atoms with Gasteiger partial charge in [-0.1, -0.05) is 6.58 Å². The Balaban J connectivity index is 3.82. The van der Waals surface area contributed by atoms with Gasteiger partial charge in [-0.05, 0) is 6.92 Å². The van der Waals surface area contributed by atoms with Gasteiger partial charge in [-0.15, -0.1) is 0 Å². The van der Waals surface area contributed by atoms with Crippen molar-refractivity contribution >= 4 is 29.6 Å². The molecular formula is C12H18N4O6. The van der Waals surface area contributed by atoms with Crippen molar-refractivity contribution in [2.24, 2.45) is 0 Å². The lowest BCUT2D eigenvalue weighted by Crippen LogP contribution is -2.44. The van der Waals surface area contributed by atoms with Gasteiger partial charge in [-0.25, -0.2) is 0 Å². The summed E-state index contributed by atoms with van der Waals surface area (Å²) < 4.78 is 0. The van der Waals surface area contributed by atoms with Crippen LogP contribution >= 0.6 is 0 Å². The van der Waals surface area contributed by atoms with Crippen molar-refractivity contribution in [1.29, 1.82) is 0 Å². The summed E-state index contributed by atoms with van der Waals surface area (Å²) in [7, 11) is 0. The molecule has 0 aromatic heterocycles. The smallest absolute Gasteiger partial charge is 0.322 e. The van der Waals surface area contributed by atoms with Gasteiger partial charge in [0.15, 0.2) is 0 Å². The number of rotatable bonds is 9. The molecular weight excluding hydrogens is 296 g/mol. The molecule has 22 heavy (non-hydrogen) atoms. The van der Waals surface area contributed by atoms with E-state index in [0.717, 1.165) is 0 Å². The quantitative estimate of drug-likeness (QED) is 0.288. The monoisotopic (exact) mass is 314 g/mol. The molecule has 0 bridgehead atoms.